The standard InChI is InChI=1S/C50H30N4O2/c1-5-14-31(15-6-1)35-24-25-39(40(30-35)32-16-7-2-8-17-32)49-53-47(33-18-9-3-10-19-33)52-48(54-49)38-23-13-22-37-36(38)26-27-41-44(37)45-42(55-41)28-29-43-46(45)51-50(56-43)34-20-11-4-12-21-34/h1-30H. The van der Waals surface area contributed by atoms with Crippen LogP contribution in [-0.2, 0) is 0 Å². The second-order valence-corrected chi connectivity index (χ2v) is 13.8. The number of nitrogens with zero attached hydrogens (tertiary/aromatic N) is 4. The smallest absolute Gasteiger partial charge is 0.227 e. The summed E-state index contributed by atoms with van der Waals surface area (Å²) in [6.45, 7) is 0. The van der Waals surface area contributed by atoms with Gasteiger partial charge in [-0.25, -0.2) is 19.9 Å². The van der Waals surface area contributed by atoms with Crippen molar-refractivity contribution in [2.45, 2.75) is 0 Å². The van der Waals surface area contributed by atoms with Crippen molar-refractivity contribution >= 4 is 43.8 Å². The van der Waals surface area contributed by atoms with Gasteiger partial charge in [-0.15, -0.1) is 0 Å². The van der Waals surface area contributed by atoms with Crippen LogP contribution in [0.5, 0.6) is 0 Å². The number of benzene rings is 8. The van der Waals surface area contributed by atoms with Crippen LogP contribution < -0.4 is 0 Å². The van der Waals surface area contributed by atoms with Crippen LogP contribution >= 0.6 is 0 Å². The number of aromatic nitrogens is 4. The molecule has 0 N–H and O–H groups in total. The van der Waals surface area contributed by atoms with Crippen LogP contribution in [0.1, 0.15) is 0 Å². The van der Waals surface area contributed by atoms with Crippen molar-refractivity contribution in [3.8, 4) is 67.9 Å². The van der Waals surface area contributed by atoms with Crippen LogP contribution in [0.3, 0.4) is 0 Å². The lowest BCUT2D eigenvalue weighted by molar-refractivity contribution is 0.619. The van der Waals surface area contributed by atoms with E-state index < -0.39 is 0 Å². The first-order chi connectivity index (χ1) is 27.7. The molecule has 0 radical (unpaired) electrons. The minimum atomic E-state index is 0.571. The van der Waals surface area contributed by atoms with Crippen molar-refractivity contribution < 1.29 is 8.83 Å². The van der Waals surface area contributed by atoms with E-state index in [9.17, 15) is 0 Å². The Kier molecular flexibility index (Phi) is 7.38. The second-order valence-electron chi connectivity index (χ2n) is 13.8. The van der Waals surface area contributed by atoms with Crippen LogP contribution in [0.2, 0.25) is 0 Å². The minimum absolute atomic E-state index is 0.571. The third-order valence-corrected chi connectivity index (χ3v) is 10.4. The van der Waals surface area contributed by atoms with Crippen molar-refractivity contribution in [3.63, 3.8) is 0 Å². The van der Waals surface area contributed by atoms with Crippen molar-refractivity contribution in [1.82, 2.24) is 19.9 Å². The average Bonchev–Trinajstić information content (AvgIpc) is 3.89. The van der Waals surface area contributed by atoms with E-state index >= 15 is 0 Å². The average molecular weight is 719 g/mol. The summed E-state index contributed by atoms with van der Waals surface area (Å²) in [5, 5.41) is 3.89. The highest BCUT2D eigenvalue weighted by Crippen LogP contribution is 2.42. The molecule has 0 unspecified atom stereocenters. The minimum Gasteiger partial charge on any atom is -0.456 e. The Morgan fingerprint density at radius 2 is 0.893 bits per heavy atom. The van der Waals surface area contributed by atoms with Gasteiger partial charge < -0.3 is 8.83 Å². The Morgan fingerprint density at radius 3 is 1.62 bits per heavy atom. The second kappa shape index (κ2) is 13.0. The zero-order valence-electron chi connectivity index (χ0n) is 29.9. The van der Waals surface area contributed by atoms with Gasteiger partial charge >= 0.3 is 0 Å². The van der Waals surface area contributed by atoms with Gasteiger partial charge in [0.25, 0.3) is 0 Å². The summed E-state index contributed by atoms with van der Waals surface area (Å²) in [5.74, 6) is 2.34. The molecule has 56 heavy (non-hydrogen) atoms. The van der Waals surface area contributed by atoms with E-state index in [2.05, 4.69) is 91.0 Å². The van der Waals surface area contributed by atoms with Crippen molar-refractivity contribution in [2.24, 2.45) is 0 Å². The number of hydrogen-bond acceptors (Lipinski definition) is 6. The number of fused-ring (bicyclic) bond motifs is 7. The predicted molar refractivity (Wildman–Crippen MR) is 225 cm³/mol. The number of furan rings is 1. The van der Waals surface area contributed by atoms with Gasteiger partial charge in [-0.3, -0.25) is 0 Å². The first-order valence-corrected chi connectivity index (χ1v) is 18.6. The molecule has 0 aliphatic heterocycles. The molecule has 11 aromatic rings. The number of hydrogen-bond donors (Lipinski definition) is 0. The van der Waals surface area contributed by atoms with Gasteiger partial charge in [0.1, 0.15) is 16.7 Å². The van der Waals surface area contributed by atoms with E-state index in [-0.39, 0.29) is 0 Å². The van der Waals surface area contributed by atoms with E-state index in [1.54, 1.807) is 0 Å². The lowest BCUT2D eigenvalue weighted by Gasteiger charge is -2.14. The lowest BCUT2D eigenvalue weighted by atomic mass is 9.94. The van der Waals surface area contributed by atoms with Crippen molar-refractivity contribution in [3.05, 3.63) is 182 Å². The maximum absolute atomic E-state index is 6.46. The summed E-state index contributed by atoms with van der Waals surface area (Å²) in [7, 11) is 0. The molecule has 0 amide bonds. The molecule has 6 heteroatoms. The molecule has 0 fully saturated rings. The van der Waals surface area contributed by atoms with E-state index in [1.165, 1.54) is 0 Å². The maximum Gasteiger partial charge on any atom is 0.227 e. The van der Waals surface area contributed by atoms with Crippen LogP contribution in [0.15, 0.2) is 191 Å². The normalized spacial score (nSPS) is 11.6. The summed E-state index contributed by atoms with van der Waals surface area (Å²) in [5.41, 5.74) is 11.0. The van der Waals surface area contributed by atoms with E-state index in [0.717, 1.165) is 82.7 Å². The third-order valence-electron chi connectivity index (χ3n) is 10.4. The zero-order valence-corrected chi connectivity index (χ0v) is 29.9. The molecular weight excluding hydrogens is 689 g/mol. The van der Waals surface area contributed by atoms with E-state index in [1.807, 2.05) is 91.0 Å². The summed E-state index contributed by atoms with van der Waals surface area (Å²) < 4.78 is 12.7. The fraction of sp³-hybridized carbons (Fsp3) is 0. The van der Waals surface area contributed by atoms with Gasteiger partial charge in [0.2, 0.25) is 5.89 Å². The zero-order chi connectivity index (χ0) is 37.0. The number of oxazole rings is 1. The van der Waals surface area contributed by atoms with Crippen LogP contribution in [-0.4, -0.2) is 19.9 Å². The van der Waals surface area contributed by atoms with E-state index in [0.29, 0.717) is 28.9 Å². The Bertz CT molecular complexity index is 3230. The largest absolute Gasteiger partial charge is 0.456 e. The van der Waals surface area contributed by atoms with Gasteiger partial charge in [-0.05, 0) is 81.6 Å². The van der Waals surface area contributed by atoms with Crippen LogP contribution in [0.4, 0.5) is 0 Å². The van der Waals surface area contributed by atoms with Gasteiger partial charge in [-0.2, -0.15) is 0 Å². The van der Waals surface area contributed by atoms with Crippen molar-refractivity contribution in [1.29, 1.82) is 0 Å². The number of rotatable bonds is 6. The third kappa shape index (κ3) is 5.35. The molecule has 262 valence electrons. The summed E-state index contributed by atoms with van der Waals surface area (Å²) in [6.07, 6.45) is 0. The van der Waals surface area contributed by atoms with Crippen LogP contribution in [0, 0.1) is 0 Å². The molecule has 0 spiro atoms. The Hall–Kier alpha value is -7.70. The molecule has 3 aromatic heterocycles. The molecule has 0 aliphatic rings. The summed E-state index contributed by atoms with van der Waals surface area (Å²) in [4.78, 5) is 20.6. The Labute approximate surface area is 321 Å². The predicted octanol–water partition coefficient (Wildman–Crippen LogP) is 13.1. The fourth-order valence-corrected chi connectivity index (χ4v) is 7.74. The molecule has 0 atom stereocenters. The Morgan fingerprint density at radius 1 is 0.304 bits per heavy atom. The van der Waals surface area contributed by atoms with Crippen LogP contribution in [0.25, 0.3) is 112 Å². The highest BCUT2D eigenvalue weighted by molar-refractivity contribution is 6.26. The SMILES string of the molecule is c1ccc(-c2ccc(-c3nc(-c4ccccc4)nc(-c4cccc5c4ccc4oc6ccc7oc(-c8ccccc8)nc7c6c45)n3)c(-c3ccccc3)c2)cc1. The molecule has 11 rings (SSSR count). The highest BCUT2D eigenvalue weighted by atomic mass is 16.4. The molecular formula is C50H30N4O2. The topological polar surface area (TPSA) is 77.8 Å². The van der Waals surface area contributed by atoms with Gasteiger partial charge in [-0.1, -0.05) is 133 Å². The molecule has 0 bridgehead atoms. The maximum atomic E-state index is 6.46. The molecule has 6 nitrogen and oxygen atoms in total. The van der Waals surface area contributed by atoms with E-state index in [4.69, 9.17) is 28.8 Å². The summed E-state index contributed by atoms with van der Waals surface area (Å²) in [6, 6.07) is 61.7. The summed E-state index contributed by atoms with van der Waals surface area (Å²) >= 11 is 0. The monoisotopic (exact) mass is 718 g/mol. The Balaban J connectivity index is 1.14. The fourth-order valence-electron chi connectivity index (χ4n) is 7.74. The van der Waals surface area contributed by atoms with Gasteiger partial charge in [0.05, 0.1) is 5.39 Å². The van der Waals surface area contributed by atoms with Gasteiger partial charge in [0, 0.05) is 27.6 Å². The molecule has 3 heterocycles. The van der Waals surface area contributed by atoms with Crippen molar-refractivity contribution in [2.75, 3.05) is 0 Å². The molecule has 0 saturated carbocycles. The molecule has 8 aromatic carbocycles. The quantitative estimate of drug-likeness (QED) is 0.170. The first kappa shape index (κ1) is 31.8. The lowest BCUT2D eigenvalue weighted by Crippen LogP contribution is -2.01. The highest BCUT2D eigenvalue weighted by Gasteiger charge is 2.21. The van der Waals surface area contributed by atoms with Gasteiger partial charge in [0.15, 0.2) is 23.1 Å². The molecule has 0 saturated heterocycles. The first-order valence-electron chi connectivity index (χ1n) is 18.6. The molecule has 0 aliphatic carbocycles.